The molecule has 1 atom stereocenters. The Bertz CT molecular complexity index is 1550. The Hall–Kier alpha value is -4.97. The number of rotatable bonds is 7. The summed E-state index contributed by atoms with van der Waals surface area (Å²) in [6.07, 6.45) is -0.325. The van der Waals surface area contributed by atoms with E-state index in [9.17, 15) is 20.0 Å². The summed E-state index contributed by atoms with van der Waals surface area (Å²) in [7, 11) is 0. The maximum atomic E-state index is 12.8. The normalized spacial score (nSPS) is 12.7. The zero-order chi connectivity index (χ0) is 28.2. The van der Waals surface area contributed by atoms with E-state index >= 15 is 0 Å². The molecule has 0 unspecified atom stereocenters. The van der Waals surface area contributed by atoms with Crippen LogP contribution in [-0.2, 0) is 16.7 Å². The fourth-order valence-corrected chi connectivity index (χ4v) is 4.13. The molecule has 1 aromatic heterocycles. The van der Waals surface area contributed by atoms with Crippen molar-refractivity contribution in [1.82, 2.24) is 15.5 Å². The van der Waals surface area contributed by atoms with Crippen molar-refractivity contribution in [3.05, 3.63) is 95.4 Å². The number of nitrogens with one attached hydrogen (secondary N) is 1. The molecule has 4 rings (SSSR count). The molecule has 0 aliphatic heterocycles. The monoisotopic (exact) mass is 524 g/mol. The minimum atomic E-state index is -1.15. The Morgan fingerprint density at radius 2 is 1.64 bits per heavy atom. The number of carbonyl (C=O) groups excluding carboxylic acids is 1. The smallest absolute Gasteiger partial charge is 0.408 e. The number of carboxylic acid groups (broad SMARTS) is 1. The van der Waals surface area contributed by atoms with E-state index in [1.54, 1.807) is 58.0 Å². The number of carbonyl (C=O) groups is 2. The summed E-state index contributed by atoms with van der Waals surface area (Å²) in [5.41, 5.74) is 0.893. The number of aromatic carboxylic acids is 1. The second-order valence-electron chi connectivity index (χ2n) is 10.3. The molecule has 2 N–H and O–H groups in total. The molecule has 0 aliphatic carbocycles. The van der Waals surface area contributed by atoms with Crippen molar-refractivity contribution in [1.29, 1.82) is 5.26 Å². The van der Waals surface area contributed by atoms with Crippen LogP contribution in [0.1, 0.15) is 55.1 Å². The van der Waals surface area contributed by atoms with E-state index in [4.69, 9.17) is 9.15 Å². The minimum absolute atomic E-state index is 0.00563. The van der Waals surface area contributed by atoms with Crippen LogP contribution in [0.25, 0.3) is 22.6 Å². The van der Waals surface area contributed by atoms with E-state index in [0.717, 1.165) is 5.56 Å². The standard InChI is InChI=1S/C30H28N4O5/c1-29(2,3)39-28(37)32-30(4,17-19-10-6-5-7-11-19)27-34-33-25(38-27)22-14-21(15-23(16-22)26(35)36)24-13-9-8-12-20(24)18-31/h5-16H,17H2,1-4H3,(H,32,37)(H,35,36)/t30-/m1/s1. The fraction of sp³-hybridized carbons (Fsp3) is 0.233. The molecule has 9 nitrogen and oxygen atoms in total. The maximum Gasteiger partial charge on any atom is 0.408 e. The van der Waals surface area contributed by atoms with Crippen molar-refractivity contribution < 1.29 is 23.8 Å². The van der Waals surface area contributed by atoms with Crippen LogP contribution in [0.15, 0.2) is 77.2 Å². The molecule has 198 valence electrons. The van der Waals surface area contributed by atoms with Crippen molar-refractivity contribution in [2.45, 2.75) is 45.3 Å². The van der Waals surface area contributed by atoms with Gasteiger partial charge in [-0.2, -0.15) is 5.26 Å². The molecular weight excluding hydrogens is 496 g/mol. The van der Waals surface area contributed by atoms with Gasteiger partial charge in [0, 0.05) is 12.0 Å². The molecule has 0 bridgehead atoms. The first-order valence-corrected chi connectivity index (χ1v) is 12.2. The van der Waals surface area contributed by atoms with E-state index in [0.29, 0.717) is 28.7 Å². The molecule has 0 fully saturated rings. The molecule has 0 spiro atoms. The van der Waals surface area contributed by atoms with Crippen LogP contribution >= 0.6 is 0 Å². The lowest BCUT2D eigenvalue weighted by molar-refractivity contribution is 0.0443. The number of hydrogen-bond donors (Lipinski definition) is 2. The van der Waals surface area contributed by atoms with Gasteiger partial charge in [0.2, 0.25) is 11.8 Å². The largest absolute Gasteiger partial charge is 0.478 e. The number of alkyl carbamates (subject to hydrolysis) is 1. The molecule has 0 saturated carbocycles. The third-order valence-corrected chi connectivity index (χ3v) is 5.86. The fourth-order valence-electron chi connectivity index (χ4n) is 4.13. The lowest BCUT2D eigenvalue weighted by Gasteiger charge is -2.29. The summed E-state index contributed by atoms with van der Waals surface area (Å²) in [5.74, 6) is -0.964. The highest BCUT2D eigenvalue weighted by Crippen LogP contribution is 2.32. The Kier molecular flexibility index (Phi) is 7.49. The molecule has 0 radical (unpaired) electrons. The molecule has 9 heteroatoms. The Morgan fingerprint density at radius 1 is 0.974 bits per heavy atom. The van der Waals surface area contributed by atoms with Gasteiger partial charge in [-0.05, 0) is 68.7 Å². The molecule has 0 saturated heterocycles. The van der Waals surface area contributed by atoms with Gasteiger partial charge >= 0.3 is 12.1 Å². The van der Waals surface area contributed by atoms with E-state index < -0.39 is 23.2 Å². The van der Waals surface area contributed by atoms with Gasteiger partial charge in [0.25, 0.3) is 0 Å². The Labute approximate surface area is 226 Å². The van der Waals surface area contributed by atoms with Gasteiger partial charge in [0.1, 0.15) is 11.1 Å². The summed E-state index contributed by atoms with van der Waals surface area (Å²) >= 11 is 0. The van der Waals surface area contributed by atoms with Crippen LogP contribution in [0.3, 0.4) is 0 Å². The SMILES string of the molecule is CC(C)(C)OC(=O)N[C@](C)(Cc1ccccc1)c1nnc(-c2cc(C(=O)O)cc(-c3ccccc3C#N)c2)o1. The van der Waals surface area contributed by atoms with Crippen molar-refractivity contribution in [2.24, 2.45) is 0 Å². The van der Waals surface area contributed by atoms with E-state index in [1.807, 2.05) is 30.3 Å². The number of hydrogen-bond acceptors (Lipinski definition) is 7. The number of nitriles is 1. The van der Waals surface area contributed by atoms with Crippen molar-refractivity contribution in [2.75, 3.05) is 0 Å². The quantitative estimate of drug-likeness (QED) is 0.302. The average Bonchev–Trinajstić information content (AvgIpc) is 3.39. The van der Waals surface area contributed by atoms with Crippen molar-refractivity contribution in [3.63, 3.8) is 0 Å². The second kappa shape index (κ2) is 10.8. The van der Waals surface area contributed by atoms with Gasteiger partial charge in [-0.25, -0.2) is 9.59 Å². The minimum Gasteiger partial charge on any atom is -0.478 e. The summed E-state index contributed by atoms with van der Waals surface area (Å²) in [6.45, 7) is 7.06. The van der Waals surface area contributed by atoms with Gasteiger partial charge in [-0.15, -0.1) is 10.2 Å². The summed E-state index contributed by atoms with van der Waals surface area (Å²) in [6, 6.07) is 23.1. The van der Waals surface area contributed by atoms with Crippen molar-refractivity contribution >= 4 is 12.1 Å². The van der Waals surface area contributed by atoms with E-state index in [2.05, 4.69) is 21.6 Å². The number of nitrogens with zero attached hydrogens (tertiary/aromatic N) is 3. The zero-order valence-corrected chi connectivity index (χ0v) is 22.1. The van der Waals surface area contributed by atoms with Gasteiger partial charge in [-0.3, -0.25) is 0 Å². The van der Waals surface area contributed by atoms with Gasteiger partial charge in [0.05, 0.1) is 17.2 Å². The van der Waals surface area contributed by atoms with Crippen LogP contribution in [0.5, 0.6) is 0 Å². The Balaban J connectivity index is 1.77. The van der Waals surface area contributed by atoms with Gasteiger partial charge in [-0.1, -0.05) is 48.5 Å². The summed E-state index contributed by atoms with van der Waals surface area (Å²) in [4.78, 5) is 24.7. The first-order valence-electron chi connectivity index (χ1n) is 12.2. The first-order chi connectivity index (χ1) is 18.5. The lowest BCUT2D eigenvalue weighted by Crippen LogP contribution is -2.47. The number of ether oxygens (including phenoxy) is 1. The molecule has 0 aliphatic rings. The molecule has 1 amide bonds. The second-order valence-corrected chi connectivity index (χ2v) is 10.3. The Morgan fingerprint density at radius 3 is 2.31 bits per heavy atom. The molecule has 4 aromatic rings. The highest BCUT2D eigenvalue weighted by Gasteiger charge is 2.36. The van der Waals surface area contributed by atoms with Crippen molar-refractivity contribution in [3.8, 4) is 28.7 Å². The third kappa shape index (κ3) is 6.48. The highest BCUT2D eigenvalue weighted by molar-refractivity contribution is 5.92. The number of aromatic nitrogens is 2. The first kappa shape index (κ1) is 27.1. The highest BCUT2D eigenvalue weighted by atomic mass is 16.6. The van der Waals surface area contributed by atoms with Gasteiger partial charge in [0.15, 0.2) is 0 Å². The number of benzene rings is 3. The van der Waals surface area contributed by atoms with Crippen LogP contribution in [-0.4, -0.2) is 33.0 Å². The van der Waals surface area contributed by atoms with Crippen LogP contribution in [0.4, 0.5) is 4.79 Å². The summed E-state index contributed by atoms with van der Waals surface area (Å²) < 4.78 is 11.6. The number of amides is 1. The van der Waals surface area contributed by atoms with Crippen LogP contribution < -0.4 is 5.32 Å². The summed E-state index contributed by atoms with van der Waals surface area (Å²) in [5, 5.41) is 30.6. The number of carboxylic acids is 1. The predicted molar refractivity (Wildman–Crippen MR) is 144 cm³/mol. The molecule has 3 aromatic carbocycles. The third-order valence-electron chi connectivity index (χ3n) is 5.86. The molecular formula is C30H28N4O5. The molecule has 1 heterocycles. The zero-order valence-electron chi connectivity index (χ0n) is 22.1. The van der Waals surface area contributed by atoms with Crippen LogP contribution in [0, 0.1) is 11.3 Å². The average molecular weight is 525 g/mol. The van der Waals surface area contributed by atoms with Gasteiger partial charge < -0.3 is 19.6 Å². The topological polar surface area (TPSA) is 138 Å². The van der Waals surface area contributed by atoms with Crippen LogP contribution in [0.2, 0.25) is 0 Å². The van der Waals surface area contributed by atoms with E-state index in [-0.39, 0.29) is 17.3 Å². The maximum absolute atomic E-state index is 12.8. The lowest BCUT2D eigenvalue weighted by atomic mass is 9.92. The van der Waals surface area contributed by atoms with E-state index in [1.165, 1.54) is 12.1 Å². The molecule has 39 heavy (non-hydrogen) atoms. The predicted octanol–water partition coefficient (Wildman–Crippen LogP) is 5.96.